The lowest BCUT2D eigenvalue weighted by Crippen LogP contribution is -2.32. The second kappa shape index (κ2) is 7.19. The van der Waals surface area contributed by atoms with Crippen LogP contribution in [0.3, 0.4) is 0 Å². The fourth-order valence-corrected chi connectivity index (χ4v) is 3.32. The first kappa shape index (κ1) is 17.2. The number of nitrogens with zero attached hydrogens (tertiary/aromatic N) is 1. The van der Waals surface area contributed by atoms with Gasteiger partial charge in [-0.3, -0.25) is 9.59 Å². The molecule has 1 saturated heterocycles. The predicted octanol–water partition coefficient (Wildman–Crippen LogP) is 1.83. The number of nitrogens with one attached hydrogen (secondary N) is 1. The number of benzene rings is 2. The molecule has 140 valence electrons. The molecule has 2 aromatic carbocycles. The van der Waals surface area contributed by atoms with Crippen molar-refractivity contribution >= 4 is 17.5 Å². The molecule has 0 aromatic heterocycles. The van der Waals surface area contributed by atoms with Crippen molar-refractivity contribution in [1.82, 2.24) is 5.32 Å². The Balaban J connectivity index is 1.41. The van der Waals surface area contributed by atoms with Gasteiger partial charge in [0.15, 0.2) is 11.5 Å². The Morgan fingerprint density at radius 2 is 1.93 bits per heavy atom. The number of rotatable bonds is 4. The van der Waals surface area contributed by atoms with Crippen LogP contribution in [0.25, 0.3) is 0 Å². The summed E-state index contributed by atoms with van der Waals surface area (Å²) in [6, 6.07) is 12.2. The van der Waals surface area contributed by atoms with Crippen LogP contribution in [0, 0.1) is 5.92 Å². The third-order valence-corrected chi connectivity index (χ3v) is 4.78. The summed E-state index contributed by atoms with van der Waals surface area (Å²) < 4.78 is 11.1. The number of ether oxygens (including phenoxy) is 2. The van der Waals surface area contributed by atoms with Crippen molar-refractivity contribution in [3.63, 3.8) is 0 Å². The van der Waals surface area contributed by atoms with E-state index in [1.807, 2.05) is 0 Å². The van der Waals surface area contributed by atoms with Gasteiger partial charge in [-0.1, -0.05) is 18.2 Å². The largest absolute Gasteiger partial charge is 0.508 e. The summed E-state index contributed by atoms with van der Waals surface area (Å²) in [4.78, 5) is 26.5. The second-order valence-electron chi connectivity index (χ2n) is 6.58. The van der Waals surface area contributed by atoms with Crippen molar-refractivity contribution in [2.45, 2.75) is 13.0 Å². The van der Waals surface area contributed by atoms with Crippen LogP contribution in [-0.4, -0.2) is 36.7 Å². The summed E-state index contributed by atoms with van der Waals surface area (Å²) in [6.07, 6.45) is 0.154. The molecular weight excluding hydrogens is 348 g/mol. The topological polar surface area (TPSA) is 88.1 Å². The van der Waals surface area contributed by atoms with E-state index in [-0.39, 0.29) is 30.5 Å². The van der Waals surface area contributed by atoms with E-state index in [4.69, 9.17) is 9.47 Å². The Kier molecular flexibility index (Phi) is 4.58. The number of hydrogen-bond acceptors (Lipinski definition) is 5. The van der Waals surface area contributed by atoms with E-state index in [2.05, 4.69) is 5.32 Å². The van der Waals surface area contributed by atoms with Gasteiger partial charge in [-0.05, 0) is 18.2 Å². The molecule has 2 N–H and O–H groups in total. The van der Waals surface area contributed by atoms with E-state index in [0.29, 0.717) is 42.5 Å². The summed E-state index contributed by atoms with van der Waals surface area (Å²) in [7, 11) is 0. The number of amides is 2. The lowest BCUT2D eigenvalue weighted by Gasteiger charge is -2.22. The van der Waals surface area contributed by atoms with Gasteiger partial charge in [-0.15, -0.1) is 0 Å². The maximum Gasteiger partial charge on any atom is 0.227 e. The van der Waals surface area contributed by atoms with Gasteiger partial charge in [0.25, 0.3) is 0 Å². The van der Waals surface area contributed by atoms with Crippen molar-refractivity contribution in [2.24, 2.45) is 5.92 Å². The minimum absolute atomic E-state index is 0.102. The zero-order valence-electron chi connectivity index (χ0n) is 14.7. The maximum absolute atomic E-state index is 12.5. The molecule has 0 saturated carbocycles. The monoisotopic (exact) mass is 368 g/mol. The summed E-state index contributed by atoms with van der Waals surface area (Å²) >= 11 is 0. The average molecular weight is 368 g/mol. The summed E-state index contributed by atoms with van der Waals surface area (Å²) in [5.41, 5.74) is 1.33. The van der Waals surface area contributed by atoms with Crippen LogP contribution in [-0.2, 0) is 16.1 Å². The molecule has 7 heteroatoms. The molecule has 2 heterocycles. The molecule has 2 aromatic rings. The van der Waals surface area contributed by atoms with Crippen LogP contribution in [0.5, 0.6) is 17.2 Å². The Hall–Kier alpha value is -3.22. The number of aromatic hydroxyl groups is 1. The minimum Gasteiger partial charge on any atom is -0.508 e. The van der Waals surface area contributed by atoms with Gasteiger partial charge in [0.2, 0.25) is 11.8 Å². The quantitative estimate of drug-likeness (QED) is 0.860. The molecule has 4 rings (SSSR count). The standard InChI is InChI=1S/C20H20N2O5/c23-16-4-2-1-3-13(16)11-21-20(25)14-9-19(24)22(12-14)15-5-6-17-18(10-15)27-8-7-26-17/h1-6,10,14,23H,7-9,11-12H2,(H,21,25). The lowest BCUT2D eigenvalue weighted by molar-refractivity contribution is -0.126. The number of fused-ring (bicyclic) bond motifs is 1. The van der Waals surface area contributed by atoms with Gasteiger partial charge < -0.3 is 24.8 Å². The minimum atomic E-state index is -0.434. The molecule has 7 nitrogen and oxygen atoms in total. The summed E-state index contributed by atoms with van der Waals surface area (Å²) in [5.74, 6) is 0.670. The van der Waals surface area contributed by atoms with Gasteiger partial charge >= 0.3 is 0 Å². The molecule has 0 radical (unpaired) electrons. The average Bonchev–Trinajstić information content (AvgIpc) is 3.08. The maximum atomic E-state index is 12.5. The lowest BCUT2D eigenvalue weighted by atomic mass is 10.1. The molecule has 0 aliphatic carbocycles. The van der Waals surface area contributed by atoms with E-state index >= 15 is 0 Å². The molecular formula is C20H20N2O5. The molecule has 0 bridgehead atoms. The normalized spacial score (nSPS) is 18.4. The van der Waals surface area contributed by atoms with Crippen LogP contribution in [0.15, 0.2) is 42.5 Å². The number of phenolic OH excluding ortho intramolecular Hbond substituents is 1. The smallest absolute Gasteiger partial charge is 0.227 e. The summed E-state index contributed by atoms with van der Waals surface area (Å²) in [5, 5.41) is 12.6. The number of carbonyl (C=O) groups is 2. The van der Waals surface area contributed by atoms with Crippen LogP contribution < -0.4 is 19.7 Å². The van der Waals surface area contributed by atoms with Crippen LogP contribution in [0.4, 0.5) is 5.69 Å². The number of anilines is 1. The van der Waals surface area contributed by atoms with Crippen molar-refractivity contribution < 1.29 is 24.2 Å². The van der Waals surface area contributed by atoms with Crippen LogP contribution in [0.2, 0.25) is 0 Å². The Morgan fingerprint density at radius 3 is 2.74 bits per heavy atom. The Bertz CT molecular complexity index is 882. The molecule has 27 heavy (non-hydrogen) atoms. The van der Waals surface area contributed by atoms with Gasteiger partial charge in [-0.25, -0.2) is 0 Å². The fraction of sp³-hybridized carbons (Fsp3) is 0.300. The van der Waals surface area contributed by atoms with E-state index < -0.39 is 5.92 Å². The molecule has 1 atom stereocenters. The predicted molar refractivity (Wildman–Crippen MR) is 97.8 cm³/mol. The van der Waals surface area contributed by atoms with E-state index in [9.17, 15) is 14.7 Å². The van der Waals surface area contributed by atoms with E-state index in [1.54, 1.807) is 47.4 Å². The third kappa shape index (κ3) is 3.53. The molecule has 2 aliphatic heterocycles. The fourth-order valence-electron chi connectivity index (χ4n) is 3.32. The molecule has 1 fully saturated rings. The summed E-state index contributed by atoms with van der Waals surface area (Å²) in [6.45, 7) is 1.52. The highest BCUT2D eigenvalue weighted by Crippen LogP contribution is 2.36. The highest BCUT2D eigenvalue weighted by molar-refractivity contribution is 6.00. The third-order valence-electron chi connectivity index (χ3n) is 4.78. The highest BCUT2D eigenvalue weighted by atomic mass is 16.6. The van der Waals surface area contributed by atoms with Crippen LogP contribution >= 0.6 is 0 Å². The van der Waals surface area contributed by atoms with Gasteiger partial charge in [0.05, 0.1) is 5.92 Å². The van der Waals surface area contributed by atoms with Crippen LogP contribution in [0.1, 0.15) is 12.0 Å². The van der Waals surface area contributed by atoms with Crippen molar-refractivity contribution in [3.05, 3.63) is 48.0 Å². The molecule has 2 aliphatic rings. The van der Waals surface area contributed by atoms with Gasteiger partial charge in [-0.2, -0.15) is 0 Å². The van der Waals surface area contributed by atoms with E-state index in [1.165, 1.54) is 0 Å². The zero-order valence-corrected chi connectivity index (χ0v) is 14.7. The SMILES string of the molecule is O=C(NCc1ccccc1O)C1CC(=O)N(c2ccc3c(c2)OCCO3)C1. The molecule has 2 amide bonds. The first-order valence-electron chi connectivity index (χ1n) is 8.86. The van der Waals surface area contributed by atoms with Crippen molar-refractivity contribution in [3.8, 4) is 17.2 Å². The zero-order chi connectivity index (χ0) is 18.8. The number of hydrogen-bond donors (Lipinski definition) is 2. The number of para-hydroxylation sites is 1. The number of carbonyl (C=O) groups excluding carboxylic acids is 2. The van der Waals surface area contributed by atoms with E-state index in [0.717, 1.165) is 0 Å². The Labute approximate surface area is 156 Å². The second-order valence-corrected chi connectivity index (χ2v) is 6.58. The van der Waals surface area contributed by atoms with Gasteiger partial charge in [0.1, 0.15) is 19.0 Å². The molecule has 0 spiro atoms. The first-order chi connectivity index (χ1) is 13.1. The number of phenols is 1. The van der Waals surface area contributed by atoms with Crippen molar-refractivity contribution in [2.75, 3.05) is 24.7 Å². The highest BCUT2D eigenvalue weighted by Gasteiger charge is 2.35. The molecule has 1 unspecified atom stereocenters. The first-order valence-corrected chi connectivity index (χ1v) is 8.86. The Morgan fingerprint density at radius 1 is 1.15 bits per heavy atom. The van der Waals surface area contributed by atoms with Crippen molar-refractivity contribution in [1.29, 1.82) is 0 Å². The van der Waals surface area contributed by atoms with Gasteiger partial charge in [0, 0.05) is 36.8 Å².